The Hall–Kier alpha value is 1.16. The molecule has 0 aliphatic rings. The molecule has 0 spiro atoms. The minimum atomic E-state index is 0. The van der Waals surface area contributed by atoms with E-state index >= 15 is 0 Å². The normalized spacial score (nSPS) is 13.9. The van der Waals surface area contributed by atoms with Gasteiger partial charge in [-0.25, -0.2) is 0 Å². The molecule has 2 atom stereocenters. The molecule has 0 heterocycles. The monoisotopic (exact) mass is 246 g/mol. The van der Waals surface area contributed by atoms with Gasteiger partial charge in [-0.3, -0.25) is 0 Å². The van der Waals surface area contributed by atoms with Crippen LogP contribution in [0, 0.1) is 0 Å². The third kappa shape index (κ3) is 7.16. The van der Waals surface area contributed by atoms with Gasteiger partial charge in [-0.15, -0.1) is 0 Å². The topological polar surface area (TPSA) is 0 Å². The molecule has 8 heavy (non-hydrogen) atoms. The van der Waals surface area contributed by atoms with Crippen LogP contribution >= 0.6 is 8.58 Å². The smallest absolute Gasteiger partial charge is 0.0621 e. The molecule has 0 aliphatic carbocycles. The Bertz CT molecular complexity index is 39.5. The molecule has 0 rings (SSSR count). The Labute approximate surface area is 71.6 Å². The summed E-state index contributed by atoms with van der Waals surface area (Å²) < 4.78 is 0. The third-order valence-electron chi connectivity index (χ3n) is 1.28. The van der Waals surface area contributed by atoms with E-state index in [-0.39, 0.29) is 24.0 Å². The van der Waals surface area contributed by atoms with E-state index in [9.17, 15) is 0 Å². The van der Waals surface area contributed by atoms with E-state index < -0.39 is 0 Å². The highest BCUT2D eigenvalue weighted by Gasteiger charge is 1.99. The number of hydrogen-bond acceptors (Lipinski definition) is 0. The van der Waals surface area contributed by atoms with Crippen LogP contribution in [0.5, 0.6) is 0 Å². The summed E-state index contributed by atoms with van der Waals surface area (Å²) in [6.45, 7) is 6.90. The van der Waals surface area contributed by atoms with Crippen molar-refractivity contribution in [2.24, 2.45) is 0 Å². The second kappa shape index (κ2) is 8.16. The molecule has 0 aromatic heterocycles. The SMILES string of the molecule is CC[PH2+]C(C)CC.[I-]. The molecule has 2 heteroatoms. The second-order valence-corrected chi connectivity index (χ2v) is 4.46. The van der Waals surface area contributed by atoms with Crippen LogP contribution in [-0.2, 0) is 0 Å². The second-order valence-electron chi connectivity index (χ2n) is 2.03. The molecule has 0 aliphatic heterocycles. The van der Waals surface area contributed by atoms with Gasteiger partial charge in [0, 0.05) is 0 Å². The minimum absolute atomic E-state index is 0. The van der Waals surface area contributed by atoms with Crippen LogP contribution in [0.4, 0.5) is 0 Å². The van der Waals surface area contributed by atoms with Crippen LogP contribution < -0.4 is 24.0 Å². The summed E-state index contributed by atoms with van der Waals surface area (Å²) in [7, 11) is 0.767. The van der Waals surface area contributed by atoms with E-state index in [0.717, 1.165) is 14.2 Å². The maximum atomic E-state index is 2.35. The first-order chi connectivity index (χ1) is 3.31. The van der Waals surface area contributed by atoms with Gasteiger partial charge >= 0.3 is 0 Å². The zero-order chi connectivity index (χ0) is 5.70. The van der Waals surface area contributed by atoms with E-state index in [1.54, 1.807) is 0 Å². The summed E-state index contributed by atoms with van der Waals surface area (Å²) in [5.41, 5.74) is 1.03. The summed E-state index contributed by atoms with van der Waals surface area (Å²) in [5, 5.41) is 0. The van der Waals surface area contributed by atoms with Gasteiger partial charge in [0.05, 0.1) is 11.8 Å². The highest BCUT2D eigenvalue weighted by Crippen LogP contribution is 2.19. The van der Waals surface area contributed by atoms with Crippen LogP contribution in [0.25, 0.3) is 0 Å². The van der Waals surface area contributed by atoms with Crippen molar-refractivity contribution >= 4 is 8.58 Å². The Kier molecular flexibility index (Phi) is 12.1. The lowest BCUT2D eigenvalue weighted by Gasteiger charge is -1.95. The molecule has 0 saturated carbocycles. The van der Waals surface area contributed by atoms with Gasteiger partial charge in [0.15, 0.2) is 0 Å². The average Bonchev–Trinajstić information content (AvgIpc) is 1.68. The van der Waals surface area contributed by atoms with Crippen molar-refractivity contribution in [1.29, 1.82) is 0 Å². The molecular weight excluding hydrogens is 230 g/mol. The van der Waals surface area contributed by atoms with Gasteiger partial charge in [0.1, 0.15) is 0 Å². The molecule has 0 aromatic rings. The largest absolute Gasteiger partial charge is 1.00 e. The van der Waals surface area contributed by atoms with Crippen molar-refractivity contribution in [3.63, 3.8) is 0 Å². The predicted octanol–water partition coefficient (Wildman–Crippen LogP) is -0.780. The van der Waals surface area contributed by atoms with Gasteiger partial charge < -0.3 is 24.0 Å². The van der Waals surface area contributed by atoms with Crippen molar-refractivity contribution in [1.82, 2.24) is 0 Å². The first kappa shape index (κ1) is 11.9. The van der Waals surface area contributed by atoms with Crippen molar-refractivity contribution in [2.45, 2.75) is 32.9 Å². The van der Waals surface area contributed by atoms with Crippen molar-refractivity contribution in [3.05, 3.63) is 0 Å². The maximum Gasteiger partial charge on any atom is 0.0621 e. The lowest BCUT2D eigenvalue weighted by Crippen LogP contribution is -3.00. The molecule has 0 amide bonds. The Balaban J connectivity index is 0. The maximum absolute atomic E-state index is 2.35. The molecule has 0 aromatic carbocycles. The summed E-state index contributed by atoms with van der Waals surface area (Å²) in [6.07, 6.45) is 2.80. The van der Waals surface area contributed by atoms with Crippen LogP contribution in [-0.4, -0.2) is 11.8 Å². The average molecular weight is 246 g/mol. The Morgan fingerprint density at radius 3 is 2.00 bits per heavy atom. The molecule has 0 nitrogen and oxygen atoms in total. The van der Waals surface area contributed by atoms with Gasteiger partial charge in [0.25, 0.3) is 0 Å². The van der Waals surface area contributed by atoms with Crippen LogP contribution in [0.2, 0.25) is 0 Å². The number of halogens is 1. The molecule has 0 radical (unpaired) electrons. The summed E-state index contributed by atoms with van der Waals surface area (Å²) in [5.74, 6) is 0. The molecule has 0 N–H and O–H groups in total. The molecular formula is C6H16IP. The Morgan fingerprint density at radius 2 is 1.88 bits per heavy atom. The fourth-order valence-electron chi connectivity index (χ4n) is 0.569. The molecule has 0 saturated heterocycles. The van der Waals surface area contributed by atoms with E-state index in [2.05, 4.69) is 20.8 Å². The number of rotatable bonds is 3. The summed E-state index contributed by atoms with van der Waals surface area (Å²) >= 11 is 0. The van der Waals surface area contributed by atoms with Crippen molar-refractivity contribution in [3.8, 4) is 0 Å². The van der Waals surface area contributed by atoms with E-state index in [1.807, 2.05) is 0 Å². The molecule has 0 fully saturated rings. The van der Waals surface area contributed by atoms with Gasteiger partial charge in [-0.2, -0.15) is 0 Å². The van der Waals surface area contributed by atoms with Gasteiger partial charge in [-0.1, -0.05) is 6.92 Å². The number of hydrogen-bond donors (Lipinski definition) is 0. The highest BCUT2D eigenvalue weighted by molar-refractivity contribution is 7.38. The molecule has 2 unspecified atom stereocenters. The van der Waals surface area contributed by atoms with Gasteiger partial charge in [0.2, 0.25) is 0 Å². The first-order valence-corrected chi connectivity index (χ1v) is 4.62. The predicted molar refractivity (Wildman–Crippen MR) is 40.0 cm³/mol. The molecule has 52 valence electrons. The van der Waals surface area contributed by atoms with Crippen LogP contribution in [0.1, 0.15) is 27.2 Å². The first-order valence-electron chi connectivity index (χ1n) is 3.14. The van der Waals surface area contributed by atoms with E-state index in [1.165, 1.54) is 12.6 Å². The standard InChI is InChI=1S/C6H15P.HI/c1-4-6(3)7-5-2;/h6-7H,4-5H2,1-3H3;1H. The lowest BCUT2D eigenvalue weighted by atomic mass is 10.4. The lowest BCUT2D eigenvalue weighted by molar-refractivity contribution is -0.00000163. The van der Waals surface area contributed by atoms with Crippen molar-refractivity contribution < 1.29 is 24.0 Å². The van der Waals surface area contributed by atoms with E-state index in [0.29, 0.717) is 0 Å². The van der Waals surface area contributed by atoms with Gasteiger partial charge in [-0.05, 0) is 28.8 Å². The Morgan fingerprint density at radius 1 is 1.38 bits per heavy atom. The quantitative estimate of drug-likeness (QED) is 0.452. The van der Waals surface area contributed by atoms with Crippen molar-refractivity contribution in [2.75, 3.05) is 6.16 Å². The summed E-state index contributed by atoms with van der Waals surface area (Å²) in [6, 6.07) is 0. The zero-order valence-electron chi connectivity index (χ0n) is 5.95. The third-order valence-corrected chi connectivity index (χ3v) is 3.03. The zero-order valence-corrected chi connectivity index (χ0v) is 9.26. The summed E-state index contributed by atoms with van der Waals surface area (Å²) in [4.78, 5) is 0. The fraction of sp³-hybridized carbons (Fsp3) is 1.00. The molecule has 0 bridgehead atoms. The highest BCUT2D eigenvalue weighted by atomic mass is 127. The minimum Gasteiger partial charge on any atom is -1.00 e. The fourth-order valence-corrected chi connectivity index (χ4v) is 1.71. The van der Waals surface area contributed by atoms with Crippen LogP contribution in [0.3, 0.4) is 0 Å². The van der Waals surface area contributed by atoms with Crippen LogP contribution in [0.15, 0.2) is 0 Å². The van der Waals surface area contributed by atoms with E-state index in [4.69, 9.17) is 0 Å².